The highest BCUT2D eigenvalue weighted by molar-refractivity contribution is 9.10. The molecule has 0 spiro atoms. The Morgan fingerprint density at radius 3 is 2.65 bits per heavy atom. The molecule has 110 valence electrons. The fourth-order valence-corrected chi connectivity index (χ4v) is 3.31. The zero-order valence-electron chi connectivity index (χ0n) is 11.4. The summed E-state index contributed by atoms with van der Waals surface area (Å²) < 4.78 is 13.9. The van der Waals surface area contributed by atoms with Gasteiger partial charge in [0.05, 0.1) is 0 Å². The number of carbonyl (C=O) groups excluding carboxylic acids is 1. The van der Waals surface area contributed by atoms with E-state index in [2.05, 4.69) is 21.2 Å². The van der Waals surface area contributed by atoms with E-state index in [1.165, 1.54) is 31.4 Å². The van der Waals surface area contributed by atoms with Crippen LogP contribution in [-0.2, 0) is 0 Å². The van der Waals surface area contributed by atoms with Crippen molar-refractivity contribution in [2.24, 2.45) is 11.7 Å². The van der Waals surface area contributed by atoms with Crippen molar-refractivity contribution in [3.8, 4) is 0 Å². The van der Waals surface area contributed by atoms with Crippen molar-refractivity contribution in [3.05, 3.63) is 34.1 Å². The van der Waals surface area contributed by atoms with Crippen LogP contribution in [0, 0.1) is 11.7 Å². The first-order valence-electron chi connectivity index (χ1n) is 7.07. The van der Waals surface area contributed by atoms with Gasteiger partial charge in [0.1, 0.15) is 5.82 Å². The number of carbonyl (C=O) groups is 1. The van der Waals surface area contributed by atoms with Crippen LogP contribution in [0.1, 0.15) is 42.5 Å². The van der Waals surface area contributed by atoms with E-state index in [0.717, 1.165) is 12.8 Å². The van der Waals surface area contributed by atoms with E-state index in [4.69, 9.17) is 5.73 Å². The van der Waals surface area contributed by atoms with Crippen molar-refractivity contribution in [2.75, 3.05) is 6.54 Å². The second kappa shape index (κ2) is 7.18. The normalized spacial score (nSPS) is 17.8. The van der Waals surface area contributed by atoms with Gasteiger partial charge in [-0.1, -0.05) is 35.2 Å². The average molecular weight is 343 g/mol. The van der Waals surface area contributed by atoms with Crippen molar-refractivity contribution in [1.29, 1.82) is 0 Å². The quantitative estimate of drug-likeness (QED) is 0.882. The maximum absolute atomic E-state index is 13.3. The van der Waals surface area contributed by atoms with Gasteiger partial charge in [-0.3, -0.25) is 4.79 Å². The number of rotatable bonds is 4. The van der Waals surface area contributed by atoms with E-state index in [1.54, 1.807) is 6.07 Å². The Labute approximate surface area is 127 Å². The molecule has 1 aromatic rings. The summed E-state index contributed by atoms with van der Waals surface area (Å²) in [6.07, 6.45) is 5.87. The van der Waals surface area contributed by atoms with Gasteiger partial charge in [0.15, 0.2) is 0 Å². The van der Waals surface area contributed by atoms with Crippen LogP contribution < -0.4 is 11.1 Å². The molecule has 0 radical (unpaired) electrons. The molecule has 0 heterocycles. The van der Waals surface area contributed by atoms with Crippen LogP contribution in [0.3, 0.4) is 0 Å². The Kier molecular flexibility index (Phi) is 5.54. The minimum atomic E-state index is -0.425. The molecule has 3 N–H and O–H groups in total. The predicted octanol–water partition coefficient (Wildman–Crippen LogP) is 3.23. The monoisotopic (exact) mass is 342 g/mol. The maximum atomic E-state index is 13.3. The molecule has 5 heteroatoms. The lowest BCUT2D eigenvalue weighted by molar-refractivity contribution is 0.0915. The molecule has 1 amide bonds. The van der Waals surface area contributed by atoms with Crippen molar-refractivity contribution < 1.29 is 9.18 Å². The molecule has 1 unspecified atom stereocenters. The number of nitrogens with one attached hydrogen (secondary N) is 1. The molecule has 0 bridgehead atoms. The number of benzene rings is 1. The van der Waals surface area contributed by atoms with Crippen LogP contribution in [0.5, 0.6) is 0 Å². The van der Waals surface area contributed by atoms with E-state index in [0.29, 0.717) is 22.5 Å². The molecular weight excluding hydrogens is 323 g/mol. The molecule has 3 nitrogen and oxygen atoms in total. The summed E-state index contributed by atoms with van der Waals surface area (Å²) in [6, 6.07) is 4.17. The zero-order valence-corrected chi connectivity index (χ0v) is 13.0. The van der Waals surface area contributed by atoms with Crippen molar-refractivity contribution in [3.63, 3.8) is 0 Å². The largest absolute Gasteiger partial charge is 0.348 e. The summed E-state index contributed by atoms with van der Waals surface area (Å²) in [6.45, 7) is 0.424. The first kappa shape index (κ1) is 15.4. The smallest absolute Gasteiger partial charge is 0.251 e. The molecule has 0 aliphatic heterocycles. The first-order valence-corrected chi connectivity index (χ1v) is 7.86. The van der Waals surface area contributed by atoms with E-state index < -0.39 is 5.82 Å². The summed E-state index contributed by atoms with van der Waals surface area (Å²) in [5, 5.41) is 2.96. The molecular formula is C15H20BrFN2O. The lowest BCUT2D eigenvalue weighted by atomic mass is 9.84. The summed E-state index contributed by atoms with van der Waals surface area (Å²) in [5.41, 5.74) is 6.12. The minimum absolute atomic E-state index is 0.0233. The van der Waals surface area contributed by atoms with Gasteiger partial charge in [0, 0.05) is 22.6 Å². The van der Waals surface area contributed by atoms with Gasteiger partial charge in [-0.05, 0) is 37.0 Å². The fraction of sp³-hybridized carbons (Fsp3) is 0.533. The van der Waals surface area contributed by atoms with Crippen molar-refractivity contribution in [2.45, 2.75) is 38.1 Å². The predicted molar refractivity (Wildman–Crippen MR) is 81.0 cm³/mol. The Balaban J connectivity index is 2.04. The second-order valence-electron chi connectivity index (χ2n) is 5.37. The van der Waals surface area contributed by atoms with Gasteiger partial charge in [-0.15, -0.1) is 0 Å². The highest BCUT2D eigenvalue weighted by Gasteiger charge is 2.24. The summed E-state index contributed by atoms with van der Waals surface area (Å²) in [5.74, 6) is -0.243. The van der Waals surface area contributed by atoms with E-state index >= 15 is 0 Å². The van der Waals surface area contributed by atoms with E-state index in [1.807, 2.05) is 0 Å². The second-order valence-corrected chi connectivity index (χ2v) is 6.29. The van der Waals surface area contributed by atoms with Crippen LogP contribution in [0.15, 0.2) is 22.7 Å². The molecule has 20 heavy (non-hydrogen) atoms. The average Bonchev–Trinajstić information content (AvgIpc) is 2.44. The SMILES string of the molecule is NCC(NC(=O)c1cc(F)cc(Br)c1)C1CCCCC1. The molecule has 1 aliphatic rings. The molecule has 1 aromatic carbocycles. The molecule has 0 aromatic heterocycles. The lowest BCUT2D eigenvalue weighted by Crippen LogP contribution is -2.45. The summed E-state index contributed by atoms with van der Waals surface area (Å²) in [4.78, 5) is 12.2. The Hall–Kier alpha value is -0.940. The van der Waals surface area contributed by atoms with Crippen molar-refractivity contribution >= 4 is 21.8 Å². The molecule has 1 saturated carbocycles. The molecule has 0 saturated heterocycles. The number of nitrogens with two attached hydrogens (primary N) is 1. The van der Waals surface area contributed by atoms with Gasteiger partial charge in [0.2, 0.25) is 0 Å². The van der Waals surface area contributed by atoms with Crippen LogP contribution in [0.25, 0.3) is 0 Å². The standard InChI is InChI=1S/C15H20BrFN2O/c16-12-6-11(7-13(17)8-12)15(20)19-14(9-18)10-4-2-1-3-5-10/h6-8,10,14H,1-5,9,18H2,(H,19,20). The van der Waals surface area contributed by atoms with Crippen molar-refractivity contribution in [1.82, 2.24) is 5.32 Å². The third-order valence-corrected chi connectivity index (χ3v) is 4.37. The third-order valence-electron chi connectivity index (χ3n) is 3.91. The highest BCUT2D eigenvalue weighted by atomic mass is 79.9. The zero-order chi connectivity index (χ0) is 14.5. The number of amides is 1. The van der Waals surface area contributed by atoms with Gasteiger partial charge < -0.3 is 11.1 Å². The topological polar surface area (TPSA) is 55.1 Å². The van der Waals surface area contributed by atoms with Crippen LogP contribution in [0.4, 0.5) is 4.39 Å². The third kappa shape index (κ3) is 4.03. The summed E-state index contributed by atoms with van der Waals surface area (Å²) in [7, 11) is 0. The molecule has 1 aliphatic carbocycles. The number of hydrogen-bond donors (Lipinski definition) is 2. The van der Waals surface area contributed by atoms with Crippen LogP contribution >= 0.6 is 15.9 Å². The first-order chi connectivity index (χ1) is 9.60. The maximum Gasteiger partial charge on any atom is 0.251 e. The van der Waals surface area contributed by atoms with E-state index in [-0.39, 0.29) is 11.9 Å². The van der Waals surface area contributed by atoms with Gasteiger partial charge in [0.25, 0.3) is 5.91 Å². The van der Waals surface area contributed by atoms with Gasteiger partial charge in [-0.25, -0.2) is 4.39 Å². The van der Waals surface area contributed by atoms with Gasteiger partial charge in [-0.2, -0.15) is 0 Å². The summed E-state index contributed by atoms with van der Waals surface area (Å²) >= 11 is 3.20. The Morgan fingerprint density at radius 2 is 2.05 bits per heavy atom. The number of hydrogen-bond acceptors (Lipinski definition) is 2. The fourth-order valence-electron chi connectivity index (χ4n) is 2.84. The number of halogens is 2. The molecule has 1 atom stereocenters. The van der Waals surface area contributed by atoms with Gasteiger partial charge >= 0.3 is 0 Å². The van der Waals surface area contributed by atoms with E-state index in [9.17, 15) is 9.18 Å². The van der Waals surface area contributed by atoms with Crippen LogP contribution in [0.2, 0.25) is 0 Å². The minimum Gasteiger partial charge on any atom is -0.348 e. The Bertz CT molecular complexity index is 455. The lowest BCUT2D eigenvalue weighted by Gasteiger charge is -2.30. The molecule has 2 rings (SSSR count). The molecule has 1 fully saturated rings. The Morgan fingerprint density at radius 1 is 1.35 bits per heavy atom. The highest BCUT2D eigenvalue weighted by Crippen LogP contribution is 2.26. The van der Waals surface area contributed by atoms with Crippen LogP contribution in [-0.4, -0.2) is 18.5 Å².